The predicted molar refractivity (Wildman–Crippen MR) is 87.6 cm³/mol. The molecule has 2 aliphatic heterocycles. The topological polar surface area (TPSA) is 93.6 Å². The molecule has 0 amide bonds. The van der Waals surface area contributed by atoms with Crippen molar-refractivity contribution in [3.63, 3.8) is 0 Å². The Morgan fingerprint density at radius 3 is 2.67 bits per heavy atom. The summed E-state index contributed by atoms with van der Waals surface area (Å²) in [5, 5.41) is 10.3. The molecule has 0 aliphatic carbocycles. The van der Waals surface area contributed by atoms with Crippen molar-refractivity contribution >= 4 is 5.97 Å². The number of fused-ring (bicyclic) bond motifs is 1. The van der Waals surface area contributed by atoms with E-state index in [0.29, 0.717) is 11.7 Å². The van der Waals surface area contributed by atoms with Crippen LogP contribution in [0.15, 0.2) is 30.5 Å². The van der Waals surface area contributed by atoms with Gasteiger partial charge in [0.1, 0.15) is 11.9 Å². The zero-order valence-electron chi connectivity index (χ0n) is 14.0. The molecule has 0 unspecified atom stereocenters. The van der Waals surface area contributed by atoms with Crippen LogP contribution < -0.4 is 14.8 Å². The van der Waals surface area contributed by atoms with Crippen LogP contribution in [0.2, 0.25) is 0 Å². The highest BCUT2D eigenvalue weighted by Crippen LogP contribution is 2.33. The smallest absolute Gasteiger partial charge is 0.490 e. The van der Waals surface area contributed by atoms with Crippen LogP contribution in [0, 0.1) is 0 Å². The van der Waals surface area contributed by atoms with Crippen LogP contribution in [0.1, 0.15) is 5.56 Å². The summed E-state index contributed by atoms with van der Waals surface area (Å²) in [6.07, 6.45) is -2.20. The maximum absolute atomic E-state index is 10.6. The Bertz CT molecular complexity index is 825. The summed E-state index contributed by atoms with van der Waals surface area (Å²) < 4.78 is 43.1. The number of hydrogen-bond donors (Lipinski definition) is 2. The summed E-state index contributed by atoms with van der Waals surface area (Å²) in [7, 11) is 0. The molecule has 2 aromatic rings. The van der Waals surface area contributed by atoms with Crippen LogP contribution in [-0.2, 0) is 11.2 Å². The summed E-state index contributed by atoms with van der Waals surface area (Å²) >= 11 is 0. The third kappa shape index (κ3) is 4.64. The van der Waals surface area contributed by atoms with Crippen LogP contribution >= 0.6 is 0 Å². The van der Waals surface area contributed by atoms with Gasteiger partial charge in [0.15, 0.2) is 5.82 Å². The van der Waals surface area contributed by atoms with E-state index < -0.39 is 12.1 Å². The minimum atomic E-state index is -5.08. The Labute approximate surface area is 152 Å². The minimum absolute atomic E-state index is 0.225. The van der Waals surface area contributed by atoms with Gasteiger partial charge in [-0.3, -0.25) is 0 Å². The number of carbonyl (C=O) groups is 1. The van der Waals surface area contributed by atoms with Crippen LogP contribution in [0.4, 0.5) is 13.2 Å². The summed E-state index contributed by atoms with van der Waals surface area (Å²) in [5.41, 5.74) is 2.23. The number of nitrogens with zero attached hydrogens (tertiary/aromatic N) is 2. The molecule has 3 heterocycles. The first-order chi connectivity index (χ1) is 12.8. The van der Waals surface area contributed by atoms with Crippen molar-refractivity contribution < 1.29 is 32.5 Å². The van der Waals surface area contributed by atoms with E-state index >= 15 is 0 Å². The molecule has 2 N–H and O–H groups in total. The van der Waals surface area contributed by atoms with Gasteiger partial charge in [-0.25, -0.2) is 9.78 Å². The van der Waals surface area contributed by atoms with Crippen LogP contribution in [0.3, 0.4) is 0 Å². The fourth-order valence-corrected chi connectivity index (χ4v) is 2.49. The van der Waals surface area contributed by atoms with Gasteiger partial charge in [-0.2, -0.15) is 18.2 Å². The third-order valence-corrected chi connectivity index (χ3v) is 3.89. The van der Waals surface area contributed by atoms with Crippen molar-refractivity contribution in [3.8, 4) is 23.0 Å². The third-order valence-electron chi connectivity index (χ3n) is 3.89. The van der Waals surface area contributed by atoms with Crippen molar-refractivity contribution in [2.45, 2.75) is 18.7 Å². The fourth-order valence-electron chi connectivity index (χ4n) is 2.49. The number of carboxylic acids is 1. The Hall–Kier alpha value is -2.88. The molecule has 0 bridgehead atoms. The first kappa shape index (κ1) is 18.9. The number of ether oxygens (including phenoxy) is 2. The van der Waals surface area contributed by atoms with Crippen molar-refractivity contribution in [3.05, 3.63) is 36.0 Å². The number of rotatable bonds is 3. The number of aromatic nitrogens is 2. The van der Waals surface area contributed by atoms with Gasteiger partial charge in [-0.05, 0) is 6.07 Å². The summed E-state index contributed by atoms with van der Waals surface area (Å²) in [5.74, 6) is -0.469. The van der Waals surface area contributed by atoms with Gasteiger partial charge in [-0.1, -0.05) is 12.1 Å². The Balaban J connectivity index is 0.000000260. The van der Waals surface area contributed by atoms with Crippen LogP contribution in [0.25, 0.3) is 11.4 Å². The molecule has 0 saturated carbocycles. The lowest BCUT2D eigenvalue weighted by atomic mass is 10.0. The molecule has 2 aliphatic rings. The Kier molecular flexibility index (Phi) is 5.45. The van der Waals surface area contributed by atoms with E-state index in [0.717, 1.165) is 37.4 Å². The average Bonchev–Trinajstić information content (AvgIpc) is 3.07. The molecule has 4 rings (SSSR count). The number of hydrogen-bond acceptors (Lipinski definition) is 6. The lowest BCUT2D eigenvalue weighted by Gasteiger charge is -2.27. The maximum Gasteiger partial charge on any atom is 0.490 e. The predicted octanol–water partition coefficient (Wildman–Crippen LogP) is 2.06. The number of nitrogens with one attached hydrogen (secondary N) is 1. The highest BCUT2D eigenvalue weighted by atomic mass is 19.4. The highest BCUT2D eigenvalue weighted by Gasteiger charge is 2.38. The standard InChI is InChI=1S/C15H15N3O2.C2HF3O2/c1-2-12(11-5-7-19-13(11)3-1)15-17-6-4-14(18-15)20-10-8-16-9-10;3-2(4,5)1(6)7/h1-4,6,10,16H,5,7-9H2;(H,6,7). The summed E-state index contributed by atoms with van der Waals surface area (Å²) in [4.78, 5) is 17.8. The van der Waals surface area contributed by atoms with Gasteiger partial charge >= 0.3 is 12.1 Å². The van der Waals surface area contributed by atoms with Crippen molar-refractivity contribution in [1.82, 2.24) is 15.3 Å². The molecule has 7 nitrogen and oxygen atoms in total. The zero-order chi connectivity index (χ0) is 19.4. The van der Waals surface area contributed by atoms with Crippen molar-refractivity contribution in [2.24, 2.45) is 0 Å². The van der Waals surface area contributed by atoms with Gasteiger partial charge in [0.2, 0.25) is 5.88 Å². The molecule has 0 spiro atoms. The van der Waals surface area contributed by atoms with E-state index in [1.807, 2.05) is 24.3 Å². The van der Waals surface area contributed by atoms with E-state index in [-0.39, 0.29) is 6.10 Å². The number of carboxylic acid groups (broad SMARTS) is 1. The second-order valence-corrected chi connectivity index (χ2v) is 5.80. The van der Waals surface area contributed by atoms with E-state index in [1.54, 1.807) is 6.20 Å². The van der Waals surface area contributed by atoms with Gasteiger partial charge in [-0.15, -0.1) is 0 Å². The SMILES string of the molecule is O=C(O)C(F)(F)F.c1cc2c(c(-c3nccc(OC4CNC4)n3)c1)CCO2. The molecule has 144 valence electrons. The first-order valence-corrected chi connectivity index (χ1v) is 8.10. The Morgan fingerprint density at radius 1 is 1.30 bits per heavy atom. The van der Waals surface area contributed by atoms with E-state index in [4.69, 9.17) is 19.4 Å². The van der Waals surface area contributed by atoms with E-state index in [9.17, 15) is 13.2 Å². The second kappa shape index (κ2) is 7.78. The molecular formula is C17H16F3N3O4. The molecule has 0 radical (unpaired) electrons. The lowest BCUT2D eigenvalue weighted by molar-refractivity contribution is -0.192. The van der Waals surface area contributed by atoms with Gasteiger partial charge in [0, 0.05) is 42.9 Å². The van der Waals surface area contributed by atoms with Crippen LogP contribution in [0.5, 0.6) is 11.6 Å². The molecular weight excluding hydrogens is 367 g/mol. The molecule has 10 heteroatoms. The molecule has 1 saturated heterocycles. The monoisotopic (exact) mass is 383 g/mol. The molecule has 27 heavy (non-hydrogen) atoms. The lowest BCUT2D eigenvalue weighted by Crippen LogP contribution is -2.50. The largest absolute Gasteiger partial charge is 0.493 e. The maximum atomic E-state index is 10.6. The van der Waals surface area contributed by atoms with Gasteiger partial charge in [0.25, 0.3) is 0 Å². The number of benzene rings is 1. The minimum Gasteiger partial charge on any atom is -0.493 e. The molecule has 0 atom stereocenters. The summed E-state index contributed by atoms with van der Waals surface area (Å²) in [6, 6.07) is 7.82. The number of alkyl halides is 3. The summed E-state index contributed by atoms with van der Waals surface area (Å²) in [6.45, 7) is 2.50. The number of halogens is 3. The van der Waals surface area contributed by atoms with E-state index in [2.05, 4.69) is 15.3 Å². The van der Waals surface area contributed by atoms with Crippen LogP contribution in [-0.4, -0.2) is 53.0 Å². The van der Waals surface area contributed by atoms with Gasteiger partial charge < -0.3 is 19.9 Å². The molecule has 1 aromatic carbocycles. The quantitative estimate of drug-likeness (QED) is 0.838. The normalized spacial score (nSPS) is 15.7. The van der Waals surface area contributed by atoms with Crippen molar-refractivity contribution in [1.29, 1.82) is 0 Å². The zero-order valence-corrected chi connectivity index (χ0v) is 14.0. The molecule has 1 aromatic heterocycles. The fraction of sp³-hybridized carbons (Fsp3) is 0.353. The Morgan fingerprint density at radius 2 is 2.04 bits per heavy atom. The molecule has 1 fully saturated rings. The van der Waals surface area contributed by atoms with E-state index in [1.165, 1.54) is 5.56 Å². The second-order valence-electron chi connectivity index (χ2n) is 5.80. The average molecular weight is 383 g/mol. The first-order valence-electron chi connectivity index (χ1n) is 8.10. The number of aliphatic carboxylic acids is 1. The van der Waals surface area contributed by atoms with Gasteiger partial charge in [0.05, 0.1) is 6.61 Å². The van der Waals surface area contributed by atoms with Crippen molar-refractivity contribution in [2.75, 3.05) is 19.7 Å². The highest BCUT2D eigenvalue weighted by molar-refractivity contribution is 5.73.